The Morgan fingerprint density at radius 1 is 0.895 bits per heavy atom. The van der Waals surface area contributed by atoms with E-state index in [0.717, 1.165) is 24.2 Å². The summed E-state index contributed by atoms with van der Waals surface area (Å²) in [5.41, 5.74) is 0. The molecule has 0 heterocycles. The van der Waals surface area contributed by atoms with Gasteiger partial charge in [-0.15, -0.1) is 0 Å². The minimum atomic E-state index is -3.98. The van der Waals surface area contributed by atoms with Crippen LogP contribution in [0.15, 0.2) is 0 Å². The van der Waals surface area contributed by atoms with Gasteiger partial charge in [0.25, 0.3) is 0 Å². The third-order valence-corrected chi connectivity index (χ3v) is 17.6. The number of nitrogens with one attached hydrogen (secondary N) is 2. The summed E-state index contributed by atoms with van der Waals surface area (Å²) in [6.45, 7) is 11.8. The topological polar surface area (TPSA) is 44.4 Å². The molecule has 0 aromatic rings. The van der Waals surface area contributed by atoms with Gasteiger partial charge >= 0.3 is 7.59 Å². The molecule has 0 aliphatic rings. The number of hydrogen-bond acceptors (Lipinski definition) is 1. The van der Waals surface area contributed by atoms with E-state index in [1.165, 1.54) is 0 Å². The molecule has 0 atom stereocenters. The molecule has 0 saturated heterocycles. The van der Waals surface area contributed by atoms with Crippen molar-refractivity contribution in [2.45, 2.75) is 65.0 Å². The molecule has 0 aliphatic heterocycles. The fraction of sp³-hybridized carbons (Fsp3) is 1.00. The highest BCUT2D eigenvalue weighted by atomic mass is 31.2. The molecule has 0 aromatic heterocycles. The summed E-state index contributed by atoms with van der Waals surface area (Å²) in [6, 6.07) is 3.11. The molecule has 0 rings (SSSR count). The Morgan fingerprint density at radius 2 is 1.16 bits per heavy atom. The van der Waals surface area contributed by atoms with Gasteiger partial charge in [-0.1, -0.05) is 49.8 Å². The van der Waals surface area contributed by atoms with Crippen LogP contribution in [0.3, 0.4) is 0 Å². The van der Waals surface area contributed by atoms with Crippen molar-refractivity contribution in [3.63, 3.8) is 0 Å². The number of nitrogens with zero attached hydrogens (tertiary/aromatic N) is 1. The van der Waals surface area contributed by atoms with E-state index in [1.54, 1.807) is 0 Å². The highest BCUT2D eigenvalue weighted by molar-refractivity contribution is 7.61. The van der Waals surface area contributed by atoms with Crippen molar-refractivity contribution in [1.29, 1.82) is 0 Å². The van der Waals surface area contributed by atoms with Crippen molar-refractivity contribution < 1.29 is 13.5 Å². The minimum absolute atomic E-state index is 0.777. The van der Waals surface area contributed by atoms with Gasteiger partial charge in [0, 0.05) is 0 Å². The van der Waals surface area contributed by atoms with Crippen LogP contribution in [-0.4, -0.2) is 21.6 Å². The van der Waals surface area contributed by atoms with Crippen molar-refractivity contribution in [3.8, 4) is 0 Å². The molecular formula is C10H28F2N3OPSi2. The summed E-state index contributed by atoms with van der Waals surface area (Å²) in [4.78, 5) is 0. The van der Waals surface area contributed by atoms with E-state index in [0.29, 0.717) is 0 Å². The fourth-order valence-electron chi connectivity index (χ4n) is 1.65. The van der Waals surface area contributed by atoms with Gasteiger partial charge < -0.3 is 0 Å². The van der Waals surface area contributed by atoms with Crippen LogP contribution in [-0.2, 0) is 4.57 Å². The van der Waals surface area contributed by atoms with Crippen LogP contribution in [0, 0.1) is 0 Å². The first-order chi connectivity index (χ1) is 8.60. The maximum absolute atomic E-state index is 13.2. The Bertz CT molecular complexity index is 302. The summed E-state index contributed by atoms with van der Waals surface area (Å²) in [7, 11) is -8.17. The van der Waals surface area contributed by atoms with Gasteiger partial charge in [-0.05, 0) is 24.2 Å². The normalized spacial score (nSPS) is 14.2. The second-order valence-corrected chi connectivity index (χ2v) is 17.9. The molecule has 19 heavy (non-hydrogen) atoms. The SMILES string of the molecule is CC[Si](C)(CC)NP(=O)(N[Si](C)(CC)CC)N(F)F. The van der Waals surface area contributed by atoms with Crippen molar-refractivity contribution in [2.75, 3.05) is 0 Å². The van der Waals surface area contributed by atoms with Crippen molar-refractivity contribution in [2.24, 2.45) is 0 Å². The maximum atomic E-state index is 13.2. The first kappa shape index (κ1) is 19.4. The standard InChI is InChI=1S/C10H28F2N3OPSi2/c1-7-18(5,8-2)13-17(16,15(11)12)14-19(6,9-3)10-4/h7-10H2,1-6H3,(H2,13,14,16). The van der Waals surface area contributed by atoms with Crippen LogP contribution in [0.5, 0.6) is 0 Å². The van der Waals surface area contributed by atoms with Crippen LogP contribution in [0.1, 0.15) is 27.7 Å². The second-order valence-electron chi connectivity index (χ2n) is 5.55. The molecule has 0 saturated carbocycles. The lowest BCUT2D eigenvalue weighted by atomic mass is 10.9. The molecule has 2 N–H and O–H groups in total. The highest BCUT2D eigenvalue weighted by Gasteiger charge is 2.43. The first-order valence-electron chi connectivity index (χ1n) is 6.91. The molecular weight excluding hydrogens is 303 g/mol. The van der Waals surface area contributed by atoms with Gasteiger partial charge in [0.2, 0.25) is 0 Å². The summed E-state index contributed by atoms with van der Waals surface area (Å²) in [6.07, 6.45) is 0. The molecule has 0 fully saturated rings. The third-order valence-electron chi connectivity index (χ3n) is 4.18. The lowest BCUT2D eigenvalue weighted by Gasteiger charge is -2.36. The molecule has 0 spiro atoms. The van der Waals surface area contributed by atoms with E-state index in [9.17, 15) is 13.5 Å². The number of halogens is 2. The number of hydrogen-bond donors (Lipinski definition) is 2. The Kier molecular flexibility index (Phi) is 7.58. The van der Waals surface area contributed by atoms with E-state index < -0.39 is 29.2 Å². The summed E-state index contributed by atoms with van der Waals surface area (Å²) >= 11 is 0. The van der Waals surface area contributed by atoms with Crippen LogP contribution in [0.4, 0.5) is 8.96 Å². The van der Waals surface area contributed by atoms with E-state index in [2.05, 4.69) is 9.51 Å². The average molecular weight is 331 g/mol. The molecule has 116 valence electrons. The quantitative estimate of drug-likeness (QED) is 0.369. The molecule has 0 amide bonds. The van der Waals surface area contributed by atoms with Gasteiger partial charge in [0.1, 0.15) is 21.6 Å². The zero-order valence-electron chi connectivity index (χ0n) is 12.9. The Morgan fingerprint density at radius 3 is 1.32 bits per heavy atom. The predicted octanol–water partition coefficient (Wildman–Crippen LogP) is 4.57. The largest absolute Gasteiger partial charge is 0.327 e. The summed E-state index contributed by atoms with van der Waals surface area (Å²) in [5.74, 6) is 0. The minimum Gasteiger partial charge on any atom is -0.267 e. The molecule has 4 nitrogen and oxygen atoms in total. The van der Waals surface area contributed by atoms with Gasteiger partial charge in [0.15, 0.2) is 0 Å². The molecule has 0 radical (unpaired) electrons. The summed E-state index contributed by atoms with van der Waals surface area (Å²) < 4.78 is 44.6. The van der Waals surface area contributed by atoms with E-state index in [1.807, 2.05) is 40.8 Å². The van der Waals surface area contributed by atoms with E-state index >= 15 is 0 Å². The van der Waals surface area contributed by atoms with Crippen LogP contribution in [0.2, 0.25) is 37.3 Å². The first-order valence-corrected chi connectivity index (χ1v) is 14.4. The number of rotatable bonds is 9. The summed E-state index contributed by atoms with van der Waals surface area (Å²) in [5, 5.41) is -1.12. The van der Waals surface area contributed by atoms with E-state index in [4.69, 9.17) is 0 Å². The van der Waals surface area contributed by atoms with Crippen LogP contribution < -0.4 is 9.51 Å². The van der Waals surface area contributed by atoms with Crippen LogP contribution in [0.25, 0.3) is 0 Å². The van der Waals surface area contributed by atoms with Crippen molar-refractivity contribution >= 4 is 24.1 Å². The molecule has 9 heteroatoms. The smallest absolute Gasteiger partial charge is 0.267 e. The predicted molar refractivity (Wildman–Crippen MR) is 83.1 cm³/mol. The van der Waals surface area contributed by atoms with Crippen LogP contribution >= 0.6 is 7.59 Å². The lowest BCUT2D eigenvalue weighted by Crippen LogP contribution is -2.54. The fourth-order valence-corrected chi connectivity index (χ4v) is 12.4. The monoisotopic (exact) mass is 331 g/mol. The molecule has 0 bridgehead atoms. The van der Waals surface area contributed by atoms with Gasteiger partial charge in [-0.25, -0.2) is 0 Å². The van der Waals surface area contributed by atoms with Gasteiger partial charge in [0.05, 0.1) is 0 Å². The Balaban J connectivity index is 5.23. The average Bonchev–Trinajstić information content (AvgIpc) is 2.38. The zero-order chi connectivity index (χ0) is 15.3. The molecule has 0 aliphatic carbocycles. The van der Waals surface area contributed by atoms with Crippen molar-refractivity contribution in [1.82, 2.24) is 14.6 Å². The maximum Gasteiger partial charge on any atom is 0.327 e. The third kappa shape index (κ3) is 5.36. The van der Waals surface area contributed by atoms with Crippen molar-refractivity contribution in [3.05, 3.63) is 0 Å². The lowest BCUT2D eigenvalue weighted by molar-refractivity contribution is -0.0599. The second kappa shape index (κ2) is 7.42. The van der Waals surface area contributed by atoms with Gasteiger partial charge in [-0.2, -0.15) is 0 Å². The molecule has 0 unspecified atom stereocenters. The van der Waals surface area contributed by atoms with E-state index in [-0.39, 0.29) is 0 Å². The zero-order valence-corrected chi connectivity index (χ0v) is 15.8. The highest BCUT2D eigenvalue weighted by Crippen LogP contribution is 2.46. The Labute approximate surface area is 117 Å². The van der Waals surface area contributed by atoms with Gasteiger partial charge in [-0.3, -0.25) is 14.1 Å². The Hall–Kier alpha value is 0.404. The molecule has 0 aromatic carbocycles.